The van der Waals surface area contributed by atoms with Crippen molar-refractivity contribution in [2.24, 2.45) is 0 Å². The molecule has 4 heteroatoms. The predicted molar refractivity (Wildman–Crippen MR) is 89.0 cm³/mol. The van der Waals surface area contributed by atoms with Gasteiger partial charge in [0, 0.05) is 10.8 Å². The largest absolute Gasteiger partial charge is 0.488 e. The highest BCUT2D eigenvalue weighted by Crippen LogP contribution is 2.31. The van der Waals surface area contributed by atoms with Gasteiger partial charge in [0.25, 0.3) is 0 Å². The van der Waals surface area contributed by atoms with Crippen LogP contribution in [-0.2, 0) is 0 Å². The zero-order valence-electron chi connectivity index (χ0n) is 11.7. The first-order valence-electron chi connectivity index (χ1n) is 7.10. The Morgan fingerprint density at radius 3 is 2.32 bits per heavy atom. The van der Waals surface area contributed by atoms with Crippen LogP contribution in [-0.4, -0.2) is 17.2 Å². The van der Waals surface area contributed by atoms with Crippen LogP contribution in [0.2, 0.25) is 0 Å². The van der Waals surface area contributed by atoms with Crippen molar-refractivity contribution < 1.29 is 14.5 Å². The Bertz CT molecular complexity index is 972. The van der Waals surface area contributed by atoms with E-state index in [-0.39, 0.29) is 0 Å². The molecule has 0 aliphatic carbocycles. The summed E-state index contributed by atoms with van der Waals surface area (Å²) in [6.07, 6.45) is 0. The van der Waals surface area contributed by atoms with Crippen molar-refractivity contribution in [3.8, 4) is 11.1 Å². The molecule has 106 valence electrons. The van der Waals surface area contributed by atoms with Crippen molar-refractivity contribution in [1.82, 2.24) is 0 Å². The molecular weight excluding hydrogens is 275 g/mol. The maximum Gasteiger partial charge on any atom is 0.488 e. The number of hydrogen-bond donors (Lipinski definition) is 2. The first-order chi connectivity index (χ1) is 10.7. The van der Waals surface area contributed by atoms with Gasteiger partial charge in [-0.05, 0) is 34.8 Å². The average Bonchev–Trinajstić information content (AvgIpc) is 2.92. The summed E-state index contributed by atoms with van der Waals surface area (Å²) in [4.78, 5) is 0. The third-order valence-corrected chi connectivity index (χ3v) is 3.89. The normalized spacial score (nSPS) is 11.2. The molecule has 2 N–H and O–H groups in total. The Balaban J connectivity index is 1.92. The molecule has 0 saturated heterocycles. The van der Waals surface area contributed by atoms with Crippen LogP contribution in [0.1, 0.15) is 0 Å². The minimum Gasteiger partial charge on any atom is -0.456 e. The summed E-state index contributed by atoms with van der Waals surface area (Å²) in [7, 11) is -1.46. The Morgan fingerprint density at radius 1 is 0.682 bits per heavy atom. The number of para-hydroxylation sites is 1. The lowest BCUT2D eigenvalue weighted by Crippen LogP contribution is -2.29. The topological polar surface area (TPSA) is 53.6 Å². The van der Waals surface area contributed by atoms with Crippen LogP contribution in [0.25, 0.3) is 33.1 Å². The standard InChI is InChI=1S/C18H13BO3/c20-19(21)14-5-3-4-12(10-14)13-8-9-18-16(11-13)15-6-1-2-7-17(15)22-18/h1-11,20-21H. The van der Waals surface area contributed by atoms with Crippen molar-refractivity contribution in [3.63, 3.8) is 0 Å². The van der Waals surface area contributed by atoms with E-state index in [0.717, 1.165) is 33.1 Å². The summed E-state index contributed by atoms with van der Waals surface area (Å²) in [5.74, 6) is 0. The third-order valence-electron chi connectivity index (χ3n) is 3.89. The van der Waals surface area contributed by atoms with Gasteiger partial charge in [0.05, 0.1) is 0 Å². The highest BCUT2D eigenvalue weighted by atomic mass is 16.4. The van der Waals surface area contributed by atoms with E-state index < -0.39 is 7.12 Å². The molecule has 4 rings (SSSR count). The molecule has 0 aliphatic rings. The molecule has 0 fully saturated rings. The predicted octanol–water partition coefficient (Wildman–Crippen LogP) is 2.93. The number of hydrogen-bond acceptors (Lipinski definition) is 3. The molecule has 3 nitrogen and oxygen atoms in total. The molecule has 1 heterocycles. The lowest BCUT2D eigenvalue weighted by molar-refractivity contribution is 0.426. The molecule has 0 unspecified atom stereocenters. The molecule has 4 aromatic rings. The number of rotatable bonds is 2. The average molecular weight is 288 g/mol. The smallest absolute Gasteiger partial charge is 0.456 e. The van der Waals surface area contributed by atoms with E-state index in [9.17, 15) is 10.0 Å². The summed E-state index contributed by atoms with van der Waals surface area (Å²) in [6.45, 7) is 0. The zero-order chi connectivity index (χ0) is 15.1. The number of furan rings is 1. The summed E-state index contributed by atoms with van der Waals surface area (Å²) in [5, 5.41) is 20.8. The van der Waals surface area contributed by atoms with Gasteiger partial charge in [-0.25, -0.2) is 0 Å². The molecule has 1 aromatic heterocycles. The molecule has 0 saturated carbocycles. The number of fused-ring (bicyclic) bond motifs is 3. The molecule has 3 aromatic carbocycles. The molecule has 0 amide bonds. The van der Waals surface area contributed by atoms with E-state index in [1.54, 1.807) is 12.1 Å². The lowest BCUT2D eigenvalue weighted by Gasteiger charge is -2.05. The van der Waals surface area contributed by atoms with Crippen molar-refractivity contribution >= 4 is 34.5 Å². The summed E-state index contributed by atoms with van der Waals surface area (Å²) < 4.78 is 5.83. The van der Waals surface area contributed by atoms with Gasteiger partial charge in [0.2, 0.25) is 0 Å². The summed E-state index contributed by atoms with van der Waals surface area (Å²) >= 11 is 0. The van der Waals surface area contributed by atoms with Crippen LogP contribution < -0.4 is 5.46 Å². The van der Waals surface area contributed by atoms with Gasteiger partial charge in [0.15, 0.2) is 0 Å². The third kappa shape index (κ3) is 2.10. The maximum absolute atomic E-state index is 9.32. The SMILES string of the molecule is OB(O)c1cccc(-c2ccc3oc4ccccc4c3c2)c1. The Kier molecular flexibility index (Phi) is 3.00. The molecular formula is C18H13BO3. The number of benzene rings is 3. The van der Waals surface area contributed by atoms with E-state index in [1.807, 2.05) is 48.5 Å². The zero-order valence-corrected chi connectivity index (χ0v) is 11.7. The molecule has 0 radical (unpaired) electrons. The Morgan fingerprint density at radius 2 is 1.45 bits per heavy atom. The van der Waals surface area contributed by atoms with Gasteiger partial charge >= 0.3 is 7.12 Å². The van der Waals surface area contributed by atoms with Gasteiger partial charge in [-0.1, -0.05) is 48.5 Å². The fraction of sp³-hybridized carbons (Fsp3) is 0. The monoisotopic (exact) mass is 288 g/mol. The van der Waals surface area contributed by atoms with Crippen LogP contribution >= 0.6 is 0 Å². The van der Waals surface area contributed by atoms with Crippen molar-refractivity contribution in [1.29, 1.82) is 0 Å². The second kappa shape index (κ2) is 5.02. The van der Waals surface area contributed by atoms with E-state index in [0.29, 0.717) is 5.46 Å². The Labute approximate surface area is 127 Å². The van der Waals surface area contributed by atoms with Crippen LogP contribution in [0.5, 0.6) is 0 Å². The van der Waals surface area contributed by atoms with E-state index in [4.69, 9.17) is 4.42 Å². The second-order valence-corrected chi connectivity index (χ2v) is 5.31. The lowest BCUT2D eigenvalue weighted by atomic mass is 9.79. The van der Waals surface area contributed by atoms with Crippen LogP contribution in [0.15, 0.2) is 71.1 Å². The van der Waals surface area contributed by atoms with Gasteiger partial charge in [-0.15, -0.1) is 0 Å². The van der Waals surface area contributed by atoms with Gasteiger partial charge in [-0.2, -0.15) is 0 Å². The van der Waals surface area contributed by atoms with E-state index in [1.165, 1.54) is 0 Å². The van der Waals surface area contributed by atoms with Crippen molar-refractivity contribution in [3.05, 3.63) is 66.7 Å². The molecule has 0 atom stereocenters. The van der Waals surface area contributed by atoms with Gasteiger partial charge < -0.3 is 14.5 Å². The highest BCUT2D eigenvalue weighted by Gasteiger charge is 2.12. The highest BCUT2D eigenvalue weighted by molar-refractivity contribution is 6.58. The van der Waals surface area contributed by atoms with Gasteiger partial charge in [-0.3, -0.25) is 0 Å². The first kappa shape index (κ1) is 13.1. The van der Waals surface area contributed by atoms with E-state index in [2.05, 4.69) is 6.07 Å². The minimum atomic E-state index is -1.46. The minimum absolute atomic E-state index is 0.481. The Hall–Kier alpha value is -2.56. The fourth-order valence-electron chi connectivity index (χ4n) is 2.78. The fourth-order valence-corrected chi connectivity index (χ4v) is 2.78. The molecule has 22 heavy (non-hydrogen) atoms. The van der Waals surface area contributed by atoms with Crippen LogP contribution in [0.4, 0.5) is 0 Å². The molecule has 0 spiro atoms. The van der Waals surface area contributed by atoms with Gasteiger partial charge in [0.1, 0.15) is 11.2 Å². The summed E-state index contributed by atoms with van der Waals surface area (Å²) in [6, 6.07) is 21.2. The van der Waals surface area contributed by atoms with Crippen molar-refractivity contribution in [2.75, 3.05) is 0 Å². The van der Waals surface area contributed by atoms with Crippen molar-refractivity contribution in [2.45, 2.75) is 0 Å². The van der Waals surface area contributed by atoms with Crippen LogP contribution in [0, 0.1) is 0 Å². The summed E-state index contributed by atoms with van der Waals surface area (Å²) in [5.41, 5.74) is 4.16. The molecule has 0 aliphatic heterocycles. The maximum atomic E-state index is 9.32. The van der Waals surface area contributed by atoms with E-state index >= 15 is 0 Å². The van der Waals surface area contributed by atoms with Crippen LogP contribution in [0.3, 0.4) is 0 Å². The quantitative estimate of drug-likeness (QED) is 0.558. The first-order valence-corrected chi connectivity index (χ1v) is 7.10. The molecule has 0 bridgehead atoms. The second-order valence-electron chi connectivity index (χ2n) is 5.31.